The molecule has 1 heterocycles. The van der Waals surface area contributed by atoms with Crippen LogP contribution in [0, 0.1) is 6.92 Å². The summed E-state index contributed by atoms with van der Waals surface area (Å²) in [5.41, 5.74) is 1.75. The normalized spacial score (nSPS) is 21.8. The molecule has 1 aromatic rings. The Morgan fingerprint density at radius 3 is 2.80 bits per heavy atom. The number of β-amino-alcohol motifs (C(OH)–C–C–N with tert-alkyl or cyclic N) is 1. The number of benzene rings is 1. The van der Waals surface area contributed by atoms with Crippen molar-refractivity contribution in [3.05, 3.63) is 33.3 Å². The lowest BCUT2D eigenvalue weighted by molar-refractivity contribution is 0.162. The Labute approximate surface area is 127 Å². The van der Waals surface area contributed by atoms with Gasteiger partial charge in [-0.25, -0.2) is 4.79 Å². The van der Waals surface area contributed by atoms with Crippen LogP contribution >= 0.6 is 23.2 Å². The molecule has 4 N–H and O–H groups in total. The zero-order valence-electron chi connectivity index (χ0n) is 11.0. The number of aliphatic hydroxyl groups excluding tert-OH is 1. The van der Waals surface area contributed by atoms with Crippen molar-refractivity contribution in [1.82, 2.24) is 16.0 Å². The number of rotatable bonds is 3. The van der Waals surface area contributed by atoms with Crippen LogP contribution in [0.3, 0.4) is 0 Å². The van der Waals surface area contributed by atoms with Crippen LogP contribution in [0.2, 0.25) is 10.0 Å². The lowest BCUT2D eigenvalue weighted by Crippen LogP contribution is -2.47. The molecule has 1 aliphatic heterocycles. The highest BCUT2D eigenvalue weighted by molar-refractivity contribution is 6.35. The SMILES string of the molecule is Cc1cc(Cl)cc(Cl)c1CNC(=O)NC1CNCC1O. The molecule has 2 amide bonds. The number of amides is 2. The summed E-state index contributed by atoms with van der Waals surface area (Å²) in [6, 6.07) is 2.85. The number of aliphatic hydroxyl groups is 1. The molecule has 0 saturated carbocycles. The van der Waals surface area contributed by atoms with Gasteiger partial charge in [0.15, 0.2) is 0 Å². The predicted molar refractivity (Wildman–Crippen MR) is 79.2 cm³/mol. The number of nitrogens with one attached hydrogen (secondary N) is 3. The first kappa shape index (κ1) is 15.4. The standard InChI is InChI=1S/C13H17Cl2N3O2/c1-7-2-8(14)3-10(15)9(7)4-17-13(20)18-11-5-16-6-12(11)19/h2-3,11-12,16,19H,4-6H2,1H3,(H2,17,18,20). The van der Waals surface area contributed by atoms with Crippen molar-refractivity contribution >= 4 is 29.2 Å². The van der Waals surface area contributed by atoms with Gasteiger partial charge < -0.3 is 21.1 Å². The first-order valence-corrected chi connectivity index (χ1v) is 7.10. The number of carbonyl (C=O) groups is 1. The zero-order chi connectivity index (χ0) is 14.7. The molecule has 2 rings (SSSR count). The summed E-state index contributed by atoms with van der Waals surface area (Å²) >= 11 is 12.0. The van der Waals surface area contributed by atoms with E-state index in [1.807, 2.05) is 6.92 Å². The predicted octanol–water partition coefficient (Wildman–Crippen LogP) is 1.43. The van der Waals surface area contributed by atoms with Crippen LogP contribution in [-0.2, 0) is 6.54 Å². The van der Waals surface area contributed by atoms with E-state index >= 15 is 0 Å². The van der Waals surface area contributed by atoms with Gasteiger partial charge in [-0.15, -0.1) is 0 Å². The van der Waals surface area contributed by atoms with Gasteiger partial charge >= 0.3 is 6.03 Å². The first-order valence-electron chi connectivity index (χ1n) is 6.35. The summed E-state index contributed by atoms with van der Waals surface area (Å²) in [6.45, 7) is 3.25. The molecule has 1 fully saturated rings. The summed E-state index contributed by atoms with van der Waals surface area (Å²) in [6.07, 6.45) is -0.554. The van der Waals surface area contributed by atoms with Crippen molar-refractivity contribution in [3.63, 3.8) is 0 Å². The molecular formula is C13H17Cl2N3O2. The van der Waals surface area contributed by atoms with Gasteiger partial charge in [-0.05, 0) is 30.2 Å². The van der Waals surface area contributed by atoms with Crippen molar-refractivity contribution in [3.8, 4) is 0 Å². The molecule has 1 saturated heterocycles. The monoisotopic (exact) mass is 317 g/mol. The second kappa shape index (κ2) is 6.63. The third kappa shape index (κ3) is 3.76. The molecule has 110 valence electrons. The van der Waals surface area contributed by atoms with Gasteiger partial charge in [0.25, 0.3) is 0 Å². The van der Waals surface area contributed by atoms with Crippen molar-refractivity contribution in [2.45, 2.75) is 25.6 Å². The maximum absolute atomic E-state index is 11.8. The molecule has 2 atom stereocenters. The van der Waals surface area contributed by atoms with E-state index in [2.05, 4.69) is 16.0 Å². The molecule has 0 spiro atoms. The molecule has 5 nitrogen and oxygen atoms in total. The van der Waals surface area contributed by atoms with Crippen LogP contribution in [0.5, 0.6) is 0 Å². The maximum Gasteiger partial charge on any atom is 0.315 e. The average molecular weight is 318 g/mol. The van der Waals surface area contributed by atoms with E-state index in [1.165, 1.54) is 0 Å². The van der Waals surface area contributed by atoms with Crippen molar-refractivity contribution in [1.29, 1.82) is 0 Å². The quantitative estimate of drug-likeness (QED) is 0.681. The van der Waals surface area contributed by atoms with Gasteiger partial charge in [0.2, 0.25) is 0 Å². The highest BCUT2D eigenvalue weighted by Gasteiger charge is 2.26. The summed E-state index contributed by atoms with van der Waals surface area (Å²) in [5.74, 6) is 0. The highest BCUT2D eigenvalue weighted by atomic mass is 35.5. The Morgan fingerprint density at radius 2 is 2.20 bits per heavy atom. The molecule has 7 heteroatoms. The zero-order valence-corrected chi connectivity index (χ0v) is 12.6. The molecule has 0 radical (unpaired) electrons. The summed E-state index contributed by atoms with van der Waals surface area (Å²) < 4.78 is 0. The van der Waals surface area contributed by atoms with Crippen LogP contribution in [0.4, 0.5) is 4.79 Å². The van der Waals surface area contributed by atoms with E-state index in [0.29, 0.717) is 29.7 Å². The Kier molecular flexibility index (Phi) is 5.10. The van der Waals surface area contributed by atoms with Gasteiger partial charge in [0, 0.05) is 29.7 Å². The first-order chi connectivity index (χ1) is 9.47. The Bertz CT molecular complexity index is 487. The van der Waals surface area contributed by atoms with Gasteiger partial charge in [-0.2, -0.15) is 0 Å². The summed E-state index contributed by atoms with van der Waals surface area (Å²) in [4.78, 5) is 11.8. The Hall–Kier alpha value is -1.01. The lowest BCUT2D eigenvalue weighted by atomic mass is 10.1. The molecule has 0 aliphatic carbocycles. The Balaban J connectivity index is 1.90. The molecule has 2 unspecified atom stereocenters. The fourth-order valence-corrected chi connectivity index (χ4v) is 2.82. The fraction of sp³-hybridized carbons (Fsp3) is 0.462. The lowest BCUT2D eigenvalue weighted by Gasteiger charge is -2.17. The number of urea groups is 1. The van der Waals surface area contributed by atoms with E-state index in [-0.39, 0.29) is 12.1 Å². The largest absolute Gasteiger partial charge is 0.390 e. The van der Waals surface area contributed by atoms with Crippen LogP contribution in [-0.4, -0.2) is 36.4 Å². The van der Waals surface area contributed by atoms with Crippen LogP contribution in [0.15, 0.2) is 12.1 Å². The van der Waals surface area contributed by atoms with Crippen molar-refractivity contribution in [2.24, 2.45) is 0 Å². The molecular weight excluding hydrogens is 301 g/mol. The van der Waals surface area contributed by atoms with Gasteiger partial charge in [-0.3, -0.25) is 0 Å². The highest BCUT2D eigenvalue weighted by Crippen LogP contribution is 2.24. The molecule has 1 aliphatic rings. The van der Waals surface area contributed by atoms with Crippen molar-refractivity contribution in [2.75, 3.05) is 13.1 Å². The van der Waals surface area contributed by atoms with Gasteiger partial charge in [0.05, 0.1) is 12.1 Å². The number of halogens is 2. The second-order valence-corrected chi connectivity index (χ2v) is 5.69. The number of carbonyl (C=O) groups excluding carboxylic acids is 1. The van der Waals surface area contributed by atoms with E-state index in [0.717, 1.165) is 11.1 Å². The number of hydrogen-bond acceptors (Lipinski definition) is 3. The van der Waals surface area contributed by atoms with Crippen LogP contribution < -0.4 is 16.0 Å². The summed E-state index contributed by atoms with van der Waals surface area (Å²) in [7, 11) is 0. The molecule has 20 heavy (non-hydrogen) atoms. The molecule has 0 aromatic heterocycles. The second-order valence-electron chi connectivity index (χ2n) is 4.84. The maximum atomic E-state index is 11.8. The third-order valence-electron chi connectivity index (χ3n) is 3.31. The summed E-state index contributed by atoms with van der Waals surface area (Å²) in [5, 5.41) is 19.1. The minimum Gasteiger partial charge on any atom is -0.390 e. The van der Waals surface area contributed by atoms with Crippen LogP contribution in [0.25, 0.3) is 0 Å². The van der Waals surface area contributed by atoms with Crippen LogP contribution in [0.1, 0.15) is 11.1 Å². The molecule has 1 aromatic carbocycles. The Morgan fingerprint density at radius 1 is 1.45 bits per heavy atom. The minimum atomic E-state index is -0.554. The van der Waals surface area contributed by atoms with E-state index in [1.54, 1.807) is 12.1 Å². The topological polar surface area (TPSA) is 73.4 Å². The minimum absolute atomic E-state index is 0.267. The van der Waals surface area contributed by atoms with E-state index in [4.69, 9.17) is 23.2 Å². The number of aryl methyl sites for hydroxylation is 1. The third-order valence-corrected chi connectivity index (χ3v) is 3.86. The average Bonchev–Trinajstić information content (AvgIpc) is 2.73. The number of hydrogen-bond donors (Lipinski definition) is 4. The van der Waals surface area contributed by atoms with Gasteiger partial charge in [0.1, 0.15) is 0 Å². The van der Waals surface area contributed by atoms with Crippen molar-refractivity contribution < 1.29 is 9.90 Å². The van der Waals surface area contributed by atoms with E-state index in [9.17, 15) is 9.90 Å². The van der Waals surface area contributed by atoms with Gasteiger partial charge in [-0.1, -0.05) is 23.2 Å². The van der Waals surface area contributed by atoms with E-state index < -0.39 is 6.10 Å². The smallest absolute Gasteiger partial charge is 0.315 e. The molecule has 0 bridgehead atoms. The fourth-order valence-electron chi connectivity index (χ4n) is 2.16.